The molecule has 0 aliphatic carbocycles. The fraction of sp³-hybridized carbons (Fsp3) is 0.235. The summed E-state index contributed by atoms with van der Waals surface area (Å²) in [5.74, 6) is -0.160. The van der Waals surface area contributed by atoms with E-state index in [-0.39, 0.29) is 18.6 Å². The Bertz CT molecular complexity index is 640. The molecule has 0 aromatic heterocycles. The predicted molar refractivity (Wildman–Crippen MR) is 82.4 cm³/mol. The van der Waals surface area contributed by atoms with Crippen LogP contribution in [-0.2, 0) is 6.42 Å². The van der Waals surface area contributed by atoms with Crippen LogP contribution in [0.1, 0.15) is 27.5 Å². The van der Waals surface area contributed by atoms with Gasteiger partial charge in [-0.05, 0) is 35.7 Å². The van der Waals surface area contributed by atoms with Crippen LogP contribution in [0.2, 0.25) is 0 Å². The maximum absolute atomic E-state index is 12.3. The maximum atomic E-state index is 12.3. The van der Waals surface area contributed by atoms with Crippen molar-refractivity contribution in [1.29, 1.82) is 0 Å². The summed E-state index contributed by atoms with van der Waals surface area (Å²) in [6.07, 6.45) is 0.943. The van der Waals surface area contributed by atoms with Gasteiger partial charge in [-0.3, -0.25) is 4.79 Å². The van der Waals surface area contributed by atoms with E-state index in [1.807, 2.05) is 48.5 Å². The summed E-state index contributed by atoms with van der Waals surface area (Å²) in [4.78, 5) is 12.3. The molecule has 1 amide bonds. The van der Waals surface area contributed by atoms with Crippen LogP contribution in [-0.4, -0.2) is 24.2 Å². The first-order valence-corrected chi connectivity index (χ1v) is 7.11. The first-order chi connectivity index (χ1) is 10.3. The van der Waals surface area contributed by atoms with Gasteiger partial charge in [0.25, 0.3) is 5.91 Å². The molecular weight excluding hydrogens is 264 g/mol. The van der Waals surface area contributed by atoms with Crippen LogP contribution in [0.3, 0.4) is 0 Å². The zero-order chi connectivity index (χ0) is 14.7. The molecule has 0 radical (unpaired) electrons. The van der Waals surface area contributed by atoms with E-state index in [1.54, 1.807) is 0 Å². The minimum absolute atomic E-state index is 0.123. The van der Waals surface area contributed by atoms with Crippen molar-refractivity contribution >= 4 is 11.6 Å². The monoisotopic (exact) mass is 282 g/mol. The first-order valence-electron chi connectivity index (χ1n) is 7.11. The van der Waals surface area contributed by atoms with Crippen molar-refractivity contribution in [3.63, 3.8) is 0 Å². The summed E-state index contributed by atoms with van der Waals surface area (Å²) in [6.45, 7) is 0.798. The number of fused-ring (bicyclic) bond motifs is 1. The number of hydrogen-bond donors (Lipinski definition) is 3. The van der Waals surface area contributed by atoms with Crippen LogP contribution in [0, 0.1) is 0 Å². The van der Waals surface area contributed by atoms with Gasteiger partial charge in [0.05, 0.1) is 12.6 Å². The molecule has 0 saturated heterocycles. The van der Waals surface area contributed by atoms with E-state index in [4.69, 9.17) is 0 Å². The second-order valence-corrected chi connectivity index (χ2v) is 5.17. The summed E-state index contributed by atoms with van der Waals surface area (Å²) in [7, 11) is 0. The number of nitrogens with one attached hydrogen (secondary N) is 2. The lowest BCUT2D eigenvalue weighted by molar-refractivity contribution is 0.0916. The van der Waals surface area contributed by atoms with E-state index in [0.29, 0.717) is 5.56 Å². The lowest BCUT2D eigenvalue weighted by Gasteiger charge is -2.17. The van der Waals surface area contributed by atoms with Gasteiger partial charge >= 0.3 is 0 Å². The van der Waals surface area contributed by atoms with Gasteiger partial charge in [0.2, 0.25) is 0 Å². The second kappa shape index (κ2) is 5.97. The van der Waals surface area contributed by atoms with E-state index in [0.717, 1.165) is 24.2 Å². The van der Waals surface area contributed by atoms with Crippen molar-refractivity contribution in [2.24, 2.45) is 0 Å². The van der Waals surface area contributed by atoms with E-state index in [1.165, 1.54) is 5.56 Å². The third-order valence-corrected chi connectivity index (χ3v) is 3.77. The molecular formula is C17H18N2O2. The minimum atomic E-state index is -0.384. The number of amides is 1. The molecule has 0 spiro atoms. The largest absolute Gasteiger partial charge is 0.394 e. The van der Waals surface area contributed by atoms with Crippen LogP contribution < -0.4 is 10.6 Å². The fourth-order valence-electron chi connectivity index (χ4n) is 2.61. The third-order valence-electron chi connectivity index (χ3n) is 3.77. The third kappa shape index (κ3) is 2.90. The Labute approximate surface area is 123 Å². The number of rotatable bonds is 4. The number of benzene rings is 2. The van der Waals surface area contributed by atoms with Crippen LogP contribution in [0.5, 0.6) is 0 Å². The van der Waals surface area contributed by atoms with Gasteiger partial charge in [0.15, 0.2) is 0 Å². The van der Waals surface area contributed by atoms with Crippen LogP contribution in [0.4, 0.5) is 5.69 Å². The minimum Gasteiger partial charge on any atom is -0.394 e. The molecule has 4 nitrogen and oxygen atoms in total. The van der Waals surface area contributed by atoms with E-state index >= 15 is 0 Å². The molecule has 1 heterocycles. The van der Waals surface area contributed by atoms with Gasteiger partial charge in [-0.15, -0.1) is 0 Å². The molecule has 21 heavy (non-hydrogen) atoms. The lowest BCUT2D eigenvalue weighted by atomic mass is 10.1. The van der Waals surface area contributed by atoms with Gasteiger partial charge in [0.1, 0.15) is 0 Å². The first kappa shape index (κ1) is 13.6. The molecule has 0 bridgehead atoms. The summed E-state index contributed by atoms with van der Waals surface area (Å²) in [6, 6.07) is 14.8. The summed E-state index contributed by atoms with van der Waals surface area (Å²) in [5.41, 5.74) is 3.80. The maximum Gasteiger partial charge on any atom is 0.251 e. The Morgan fingerprint density at radius 3 is 2.81 bits per heavy atom. The standard InChI is InChI=1S/C17H18N2O2/c20-11-16(12-4-2-1-3-5-12)19-17(21)14-6-7-15-13(10-14)8-9-18-15/h1-7,10,16,18,20H,8-9,11H2,(H,19,21)/t16-/m0/s1. The Hall–Kier alpha value is -2.33. The zero-order valence-electron chi connectivity index (χ0n) is 11.7. The van der Waals surface area contributed by atoms with E-state index in [9.17, 15) is 9.90 Å². The Kier molecular flexibility index (Phi) is 3.88. The van der Waals surface area contributed by atoms with E-state index < -0.39 is 0 Å². The predicted octanol–water partition coefficient (Wildman–Crippen LogP) is 2.12. The normalized spacial score (nSPS) is 14.1. The van der Waals surface area contributed by atoms with Gasteiger partial charge in [-0.2, -0.15) is 0 Å². The van der Waals surface area contributed by atoms with Crippen LogP contribution in [0.15, 0.2) is 48.5 Å². The fourth-order valence-corrected chi connectivity index (χ4v) is 2.61. The highest BCUT2D eigenvalue weighted by Crippen LogP contribution is 2.23. The molecule has 108 valence electrons. The number of hydrogen-bond acceptors (Lipinski definition) is 3. The molecule has 0 saturated carbocycles. The summed E-state index contributed by atoms with van der Waals surface area (Å²) < 4.78 is 0. The molecule has 1 atom stereocenters. The SMILES string of the molecule is O=C(N[C@@H](CO)c1ccccc1)c1ccc2c(c1)CCN2. The Morgan fingerprint density at radius 1 is 1.24 bits per heavy atom. The highest BCUT2D eigenvalue weighted by Gasteiger charge is 2.17. The van der Waals surface area contributed by atoms with Crippen LogP contribution >= 0.6 is 0 Å². The van der Waals surface area contributed by atoms with Gasteiger partial charge in [-0.25, -0.2) is 0 Å². The highest BCUT2D eigenvalue weighted by atomic mass is 16.3. The zero-order valence-corrected chi connectivity index (χ0v) is 11.7. The van der Waals surface area contributed by atoms with Crippen molar-refractivity contribution in [1.82, 2.24) is 5.32 Å². The molecule has 3 N–H and O–H groups in total. The van der Waals surface area contributed by atoms with Crippen molar-refractivity contribution in [3.05, 3.63) is 65.2 Å². The summed E-state index contributed by atoms with van der Waals surface area (Å²) >= 11 is 0. The van der Waals surface area contributed by atoms with Gasteiger partial charge < -0.3 is 15.7 Å². The molecule has 4 heteroatoms. The molecule has 2 aromatic carbocycles. The lowest BCUT2D eigenvalue weighted by Crippen LogP contribution is -2.30. The van der Waals surface area contributed by atoms with E-state index in [2.05, 4.69) is 10.6 Å². The number of aliphatic hydroxyl groups excluding tert-OH is 1. The number of carbonyl (C=O) groups is 1. The van der Waals surface area contributed by atoms with Crippen molar-refractivity contribution in [2.75, 3.05) is 18.5 Å². The molecule has 1 aliphatic heterocycles. The Morgan fingerprint density at radius 2 is 2.05 bits per heavy atom. The molecule has 0 fully saturated rings. The summed E-state index contributed by atoms with van der Waals surface area (Å²) in [5, 5.41) is 15.7. The van der Waals surface area contributed by atoms with Crippen LogP contribution in [0.25, 0.3) is 0 Å². The number of anilines is 1. The molecule has 2 aromatic rings. The quantitative estimate of drug-likeness (QED) is 0.805. The highest BCUT2D eigenvalue weighted by molar-refractivity contribution is 5.95. The topological polar surface area (TPSA) is 61.4 Å². The number of carbonyl (C=O) groups excluding carboxylic acids is 1. The average Bonchev–Trinajstić information content (AvgIpc) is 3.00. The van der Waals surface area contributed by atoms with Gasteiger partial charge in [0, 0.05) is 17.8 Å². The number of aliphatic hydroxyl groups is 1. The van der Waals surface area contributed by atoms with Crippen molar-refractivity contribution in [2.45, 2.75) is 12.5 Å². The molecule has 0 unspecified atom stereocenters. The second-order valence-electron chi connectivity index (χ2n) is 5.17. The average molecular weight is 282 g/mol. The molecule has 1 aliphatic rings. The molecule has 3 rings (SSSR count). The van der Waals surface area contributed by atoms with Gasteiger partial charge in [-0.1, -0.05) is 30.3 Å². The van der Waals surface area contributed by atoms with Crippen molar-refractivity contribution in [3.8, 4) is 0 Å². The Balaban J connectivity index is 1.76. The van der Waals surface area contributed by atoms with Crippen molar-refractivity contribution < 1.29 is 9.90 Å². The smallest absolute Gasteiger partial charge is 0.251 e.